The highest BCUT2D eigenvalue weighted by Crippen LogP contribution is 2.28. The second kappa shape index (κ2) is 7.00. The summed E-state index contributed by atoms with van der Waals surface area (Å²) in [4.78, 5) is 26.7. The van der Waals surface area contributed by atoms with Gasteiger partial charge in [0.25, 0.3) is 5.91 Å². The summed E-state index contributed by atoms with van der Waals surface area (Å²) in [5.41, 5.74) is 0.883. The molecule has 0 radical (unpaired) electrons. The molecule has 2 amide bonds. The number of nitrogens with zero attached hydrogens (tertiary/aromatic N) is 3. The minimum atomic E-state index is -0.811. The first-order valence-corrected chi connectivity index (χ1v) is 8.13. The molecule has 1 N–H and O–H groups in total. The molecule has 7 heteroatoms. The summed E-state index contributed by atoms with van der Waals surface area (Å²) in [5.74, 6) is -0.958. The Labute approximate surface area is 140 Å². The molecule has 7 nitrogen and oxygen atoms in total. The van der Waals surface area contributed by atoms with Crippen molar-refractivity contribution >= 4 is 17.7 Å². The summed E-state index contributed by atoms with van der Waals surface area (Å²) < 4.78 is 4.64. The average Bonchev–Trinajstić information content (AvgIpc) is 2.92. The van der Waals surface area contributed by atoms with Crippen molar-refractivity contribution in [3.05, 3.63) is 29.8 Å². The molecule has 0 aromatic heterocycles. The molecule has 1 fully saturated rings. The van der Waals surface area contributed by atoms with Crippen molar-refractivity contribution in [3.8, 4) is 5.75 Å². The normalized spacial score (nSPS) is 21.7. The monoisotopic (exact) mass is 331 g/mol. The van der Waals surface area contributed by atoms with Gasteiger partial charge in [-0.05, 0) is 38.1 Å². The average molecular weight is 331 g/mol. The van der Waals surface area contributed by atoms with E-state index < -0.39 is 17.9 Å². The van der Waals surface area contributed by atoms with E-state index in [-0.39, 0.29) is 5.75 Å². The van der Waals surface area contributed by atoms with Crippen molar-refractivity contribution in [1.82, 2.24) is 9.91 Å². The molecule has 128 valence electrons. The molecule has 0 saturated carbocycles. The van der Waals surface area contributed by atoms with Gasteiger partial charge in [-0.3, -0.25) is 4.79 Å². The zero-order chi connectivity index (χ0) is 17.1. The molecule has 1 aromatic carbocycles. The fraction of sp³-hybridized carbons (Fsp3) is 0.471. The van der Waals surface area contributed by atoms with Crippen molar-refractivity contribution in [2.24, 2.45) is 11.0 Å². The molecule has 1 aromatic rings. The third-order valence-electron chi connectivity index (χ3n) is 4.46. The highest BCUT2D eigenvalue weighted by molar-refractivity contribution is 6.20. The van der Waals surface area contributed by atoms with Gasteiger partial charge in [-0.2, -0.15) is 5.10 Å². The number of benzene rings is 1. The van der Waals surface area contributed by atoms with Crippen molar-refractivity contribution in [2.45, 2.75) is 19.3 Å². The maximum atomic E-state index is 12.7. The summed E-state index contributed by atoms with van der Waals surface area (Å²) in [6, 6.07) is 6.71. The molecule has 1 saturated heterocycles. The number of methoxy groups -OCH3 is 1. The minimum absolute atomic E-state index is 0.0411. The van der Waals surface area contributed by atoms with Crippen molar-refractivity contribution in [3.63, 3.8) is 0 Å². The van der Waals surface area contributed by atoms with E-state index in [0.29, 0.717) is 17.8 Å². The molecule has 0 bridgehead atoms. The number of piperidine rings is 1. The Morgan fingerprint density at radius 1 is 1.29 bits per heavy atom. The van der Waals surface area contributed by atoms with Crippen LogP contribution in [0.5, 0.6) is 5.75 Å². The molecule has 0 unspecified atom stereocenters. The summed E-state index contributed by atoms with van der Waals surface area (Å²) in [6.45, 7) is 2.34. The third-order valence-corrected chi connectivity index (χ3v) is 4.46. The van der Waals surface area contributed by atoms with Crippen LogP contribution < -0.4 is 0 Å². The van der Waals surface area contributed by atoms with E-state index in [0.717, 1.165) is 30.9 Å². The fourth-order valence-electron chi connectivity index (χ4n) is 3.21. The van der Waals surface area contributed by atoms with Gasteiger partial charge in [0.1, 0.15) is 5.75 Å². The quantitative estimate of drug-likeness (QED) is 0.913. The van der Waals surface area contributed by atoms with Crippen LogP contribution in [0.3, 0.4) is 0 Å². The Kier molecular flexibility index (Phi) is 4.80. The number of likely N-dealkylation sites (tertiary alicyclic amines) is 1. The van der Waals surface area contributed by atoms with Gasteiger partial charge >= 0.3 is 6.09 Å². The van der Waals surface area contributed by atoms with Gasteiger partial charge < -0.3 is 14.7 Å². The standard InChI is InChI=1S/C17H21N3O4/c1-24-17(23)20-16(22)13(11-19-9-5-2-6-10-19)15(18-20)12-7-3-4-8-14(12)21/h3-4,7-8,13,21H,2,5-6,9-11H2,1H3/t13-/m0/s1. The lowest BCUT2D eigenvalue weighted by atomic mass is 9.95. The SMILES string of the molecule is COC(=O)N1N=C(c2ccccc2O)[C@H](CN2CCCCC2)C1=O. The molecule has 1 atom stereocenters. The maximum Gasteiger partial charge on any atom is 0.437 e. The van der Waals surface area contributed by atoms with Crippen LogP contribution in [0.4, 0.5) is 4.79 Å². The number of rotatable bonds is 3. The molecule has 0 spiro atoms. The highest BCUT2D eigenvalue weighted by Gasteiger charge is 2.42. The van der Waals surface area contributed by atoms with E-state index in [9.17, 15) is 14.7 Å². The number of carbonyl (C=O) groups is 2. The Morgan fingerprint density at radius 3 is 2.67 bits per heavy atom. The van der Waals surface area contributed by atoms with Gasteiger partial charge in [-0.25, -0.2) is 4.79 Å². The number of hydrogen-bond acceptors (Lipinski definition) is 6. The Balaban J connectivity index is 1.91. The molecule has 2 heterocycles. The third kappa shape index (κ3) is 3.12. The smallest absolute Gasteiger partial charge is 0.437 e. The number of hydrogen-bond donors (Lipinski definition) is 1. The first-order valence-electron chi connectivity index (χ1n) is 8.13. The van der Waals surface area contributed by atoms with Gasteiger partial charge in [0.15, 0.2) is 0 Å². The number of hydrazone groups is 1. The lowest BCUT2D eigenvalue weighted by molar-refractivity contribution is -0.130. The number of amides is 2. The molecule has 24 heavy (non-hydrogen) atoms. The number of imide groups is 1. The first kappa shape index (κ1) is 16.4. The van der Waals surface area contributed by atoms with E-state index in [1.54, 1.807) is 24.3 Å². The van der Waals surface area contributed by atoms with Gasteiger partial charge in [-0.1, -0.05) is 18.6 Å². The molecule has 2 aliphatic rings. The van der Waals surface area contributed by atoms with Crippen LogP contribution in [-0.2, 0) is 9.53 Å². The van der Waals surface area contributed by atoms with Crippen LogP contribution >= 0.6 is 0 Å². The van der Waals surface area contributed by atoms with Gasteiger partial charge in [0, 0.05) is 12.1 Å². The lowest BCUT2D eigenvalue weighted by Crippen LogP contribution is -2.41. The number of ether oxygens (including phenoxy) is 1. The summed E-state index contributed by atoms with van der Waals surface area (Å²) in [7, 11) is 1.21. The molecule has 3 rings (SSSR count). The van der Waals surface area contributed by atoms with Gasteiger partial charge in [-0.15, -0.1) is 5.01 Å². The number of phenolic OH excluding ortho intramolecular Hbond substituents is 1. The second-order valence-corrected chi connectivity index (χ2v) is 6.04. The number of para-hydroxylation sites is 1. The van der Waals surface area contributed by atoms with Crippen LogP contribution in [0.25, 0.3) is 0 Å². The van der Waals surface area contributed by atoms with E-state index in [1.807, 2.05) is 0 Å². The predicted molar refractivity (Wildman–Crippen MR) is 87.7 cm³/mol. The topological polar surface area (TPSA) is 82.4 Å². The summed E-state index contributed by atoms with van der Waals surface area (Å²) in [6.07, 6.45) is 2.59. The maximum absolute atomic E-state index is 12.7. The number of phenols is 1. The van der Waals surface area contributed by atoms with Crippen molar-refractivity contribution in [2.75, 3.05) is 26.7 Å². The molecule has 2 aliphatic heterocycles. The fourth-order valence-corrected chi connectivity index (χ4v) is 3.21. The Hall–Kier alpha value is -2.41. The summed E-state index contributed by atoms with van der Waals surface area (Å²) in [5, 5.41) is 15.0. The highest BCUT2D eigenvalue weighted by atomic mass is 16.5. The van der Waals surface area contributed by atoms with Crippen LogP contribution in [0, 0.1) is 5.92 Å². The van der Waals surface area contributed by atoms with E-state index in [1.165, 1.54) is 13.5 Å². The Bertz CT molecular complexity index is 668. The summed E-state index contributed by atoms with van der Waals surface area (Å²) >= 11 is 0. The number of aromatic hydroxyl groups is 1. The second-order valence-electron chi connectivity index (χ2n) is 6.04. The van der Waals surface area contributed by atoms with Crippen molar-refractivity contribution < 1.29 is 19.4 Å². The van der Waals surface area contributed by atoms with E-state index >= 15 is 0 Å². The van der Waals surface area contributed by atoms with Crippen LogP contribution in [-0.4, -0.2) is 59.5 Å². The van der Waals surface area contributed by atoms with Crippen LogP contribution in [0.2, 0.25) is 0 Å². The van der Waals surface area contributed by atoms with E-state index in [4.69, 9.17) is 0 Å². The molecular formula is C17H21N3O4. The molecule has 0 aliphatic carbocycles. The van der Waals surface area contributed by atoms with Crippen molar-refractivity contribution in [1.29, 1.82) is 0 Å². The number of carbonyl (C=O) groups excluding carboxylic acids is 2. The van der Waals surface area contributed by atoms with Crippen LogP contribution in [0.15, 0.2) is 29.4 Å². The zero-order valence-electron chi connectivity index (χ0n) is 13.6. The minimum Gasteiger partial charge on any atom is -0.507 e. The van der Waals surface area contributed by atoms with Crippen LogP contribution in [0.1, 0.15) is 24.8 Å². The van der Waals surface area contributed by atoms with Gasteiger partial charge in [0.05, 0.1) is 18.7 Å². The first-order chi connectivity index (χ1) is 11.6. The predicted octanol–water partition coefficient (Wildman–Crippen LogP) is 1.81. The Morgan fingerprint density at radius 2 is 2.00 bits per heavy atom. The largest absolute Gasteiger partial charge is 0.507 e. The van der Waals surface area contributed by atoms with Gasteiger partial charge in [0.2, 0.25) is 0 Å². The zero-order valence-corrected chi connectivity index (χ0v) is 13.6. The lowest BCUT2D eigenvalue weighted by Gasteiger charge is -2.28. The van der Waals surface area contributed by atoms with E-state index in [2.05, 4.69) is 14.7 Å². The molecular weight excluding hydrogens is 310 g/mol.